The van der Waals surface area contributed by atoms with Crippen LogP contribution in [0.1, 0.15) is 0 Å². The van der Waals surface area contributed by atoms with Gasteiger partial charge >= 0.3 is 0 Å². The molecule has 9 rings (SSSR count). The average molecular weight is 564 g/mol. The Bertz CT molecular complexity index is 2100. The highest BCUT2D eigenvalue weighted by Gasteiger charge is 2.35. The second-order valence-electron chi connectivity index (χ2n) is 10.2. The van der Waals surface area contributed by atoms with E-state index in [1.165, 1.54) is 79.1 Å². The predicted octanol–water partition coefficient (Wildman–Crippen LogP) is 11.8. The Hall–Kier alpha value is -3.96. The van der Waals surface area contributed by atoms with Gasteiger partial charge in [-0.3, -0.25) is 0 Å². The summed E-state index contributed by atoms with van der Waals surface area (Å²) in [5.74, 6) is 0. The molecule has 0 saturated carbocycles. The monoisotopic (exact) mass is 563 g/mol. The molecule has 0 radical (unpaired) electrons. The first kappa shape index (κ1) is 22.8. The fourth-order valence-corrected chi connectivity index (χ4v) is 9.72. The van der Waals surface area contributed by atoms with Gasteiger partial charge in [0.05, 0.1) is 26.7 Å². The van der Waals surface area contributed by atoms with Gasteiger partial charge in [0.2, 0.25) is 0 Å². The topological polar surface area (TPSA) is 3.24 Å². The van der Waals surface area contributed by atoms with E-state index < -0.39 is 0 Å². The standard InChI is InChI=1S/C36H21NS3/c1-3-9-22(10-4-1)24-15-17-28-31(19-24)38-33-21-27-26-13-7-8-14-30(26)39-35(27)36-34(33)37(28)29-18-16-25(20-32(29)40-36)23-11-5-2-6-12-23/h1-21H. The molecule has 2 aliphatic heterocycles. The number of benzene rings is 6. The first-order chi connectivity index (χ1) is 19.8. The molecule has 2 aliphatic rings. The summed E-state index contributed by atoms with van der Waals surface area (Å²) < 4.78 is 2.73. The number of hydrogen-bond acceptors (Lipinski definition) is 4. The fourth-order valence-electron chi connectivity index (χ4n) is 5.96. The van der Waals surface area contributed by atoms with Gasteiger partial charge in [-0.05, 0) is 58.7 Å². The van der Waals surface area contributed by atoms with Crippen molar-refractivity contribution < 1.29 is 0 Å². The van der Waals surface area contributed by atoms with E-state index in [9.17, 15) is 0 Å². The number of fused-ring (bicyclic) bond motifs is 8. The van der Waals surface area contributed by atoms with Gasteiger partial charge in [-0.25, -0.2) is 0 Å². The lowest BCUT2D eigenvalue weighted by atomic mass is 10.0. The summed E-state index contributed by atoms with van der Waals surface area (Å²) in [6.45, 7) is 0. The Morgan fingerprint density at radius 2 is 1.05 bits per heavy atom. The van der Waals surface area contributed by atoms with Crippen LogP contribution in [0.5, 0.6) is 0 Å². The molecule has 0 amide bonds. The Balaban J connectivity index is 1.31. The summed E-state index contributed by atoms with van der Waals surface area (Å²) >= 11 is 5.76. The summed E-state index contributed by atoms with van der Waals surface area (Å²) in [4.78, 5) is 7.82. The molecule has 0 aliphatic carbocycles. The van der Waals surface area contributed by atoms with Gasteiger partial charge in [0.25, 0.3) is 0 Å². The fraction of sp³-hybridized carbons (Fsp3) is 0. The Kier molecular flexibility index (Phi) is 5.00. The highest BCUT2D eigenvalue weighted by molar-refractivity contribution is 8.01. The molecule has 3 heterocycles. The van der Waals surface area contributed by atoms with Gasteiger partial charge in [0.15, 0.2) is 0 Å². The third-order valence-electron chi connectivity index (χ3n) is 7.84. The van der Waals surface area contributed by atoms with E-state index in [2.05, 4.69) is 132 Å². The van der Waals surface area contributed by atoms with E-state index in [0.29, 0.717) is 0 Å². The van der Waals surface area contributed by atoms with Crippen LogP contribution in [-0.2, 0) is 0 Å². The van der Waals surface area contributed by atoms with Crippen molar-refractivity contribution in [2.75, 3.05) is 4.90 Å². The number of hydrogen-bond donors (Lipinski definition) is 0. The molecule has 1 aromatic heterocycles. The van der Waals surface area contributed by atoms with Crippen molar-refractivity contribution in [3.05, 3.63) is 127 Å². The molecule has 6 aromatic carbocycles. The zero-order valence-electron chi connectivity index (χ0n) is 21.3. The molecule has 0 spiro atoms. The van der Waals surface area contributed by atoms with Gasteiger partial charge in [-0.2, -0.15) is 0 Å². The largest absolute Gasteiger partial charge is 0.306 e. The zero-order valence-corrected chi connectivity index (χ0v) is 23.7. The second kappa shape index (κ2) is 8.77. The first-order valence-corrected chi connectivity index (χ1v) is 15.8. The second-order valence-corrected chi connectivity index (χ2v) is 13.4. The van der Waals surface area contributed by atoms with Crippen LogP contribution >= 0.6 is 34.9 Å². The van der Waals surface area contributed by atoms with Gasteiger partial charge in [-0.1, -0.05) is 115 Å². The number of anilines is 3. The first-order valence-electron chi connectivity index (χ1n) is 13.3. The van der Waals surface area contributed by atoms with Crippen molar-refractivity contribution in [2.24, 2.45) is 0 Å². The lowest BCUT2D eigenvalue weighted by Crippen LogP contribution is -2.19. The van der Waals surface area contributed by atoms with Crippen LogP contribution in [-0.4, -0.2) is 0 Å². The van der Waals surface area contributed by atoms with Crippen LogP contribution in [0.15, 0.2) is 147 Å². The Labute approximate surface area is 245 Å². The van der Waals surface area contributed by atoms with Crippen LogP contribution < -0.4 is 4.90 Å². The smallest absolute Gasteiger partial charge is 0.0756 e. The number of rotatable bonds is 2. The molecule has 1 nitrogen and oxygen atoms in total. The molecule has 40 heavy (non-hydrogen) atoms. The van der Waals surface area contributed by atoms with Crippen LogP contribution in [0.3, 0.4) is 0 Å². The summed E-state index contributed by atoms with van der Waals surface area (Å²) in [7, 11) is 0. The van der Waals surface area contributed by atoms with Crippen molar-refractivity contribution in [3.8, 4) is 22.3 Å². The molecule has 4 heteroatoms. The average Bonchev–Trinajstić information content (AvgIpc) is 3.40. The van der Waals surface area contributed by atoms with Crippen molar-refractivity contribution in [1.82, 2.24) is 0 Å². The minimum absolute atomic E-state index is 1.25. The number of nitrogens with zero attached hydrogens (tertiary/aromatic N) is 1. The summed E-state index contributed by atoms with van der Waals surface area (Å²) in [6, 6.07) is 46.6. The van der Waals surface area contributed by atoms with Crippen molar-refractivity contribution >= 4 is 72.1 Å². The molecular formula is C36H21NS3. The van der Waals surface area contributed by atoms with Crippen molar-refractivity contribution in [1.29, 1.82) is 0 Å². The molecule has 7 aromatic rings. The Morgan fingerprint density at radius 3 is 1.73 bits per heavy atom. The maximum absolute atomic E-state index is 2.52. The highest BCUT2D eigenvalue weighted by atomic mass is 32.2. The van der Waals surface area contributed by atoms with Gasteiger partial charge in [0.1, 0.15) is 0 Å². The Morgan fingerprint density at radius 1 is 0.450 bits per heavy atom. The minimum Gasteiger partial charge on any atom is -0.306 e. The molecule has 0 unspecified atom stereocenters. The van der Waals surface area contributed by atoms with E-state index in [4.69, 9.17) is 0 Å². The van der Waals surface area contributed by atoms with Crippen molar-refractivity contribution in [2.45, 2.75) is 19.6 Å². The van der Waals surface area contributed by atoms with Crippen molar-refractivity contribution in [3.63, 3.8) is 0 Å². The lowest BCUT2D eigenvalue weighted by molar-refractivity contribution is 1.10. The molecule has 0 fully saturated rings. The molecular weight excluding hydrogens is 543 g/mol. The van der Waals surface area contributed by atoms with E-state index in [0.717, 1.165) is 0 Å². The van der Waals surface area contributed by atoms with E-state index in [1.54, 1.807) is 0 Å². The van der Waals surface area contributed by atoms with Crippen LogP contribution in [0.4, 0.5) is 17.1 Å². The lowest BCUT2D eigenvalue weighted by Gasteiger charge is -2.39. The third kappa shape index (κ3) is 3.37. The molecule has 188 valence electrons. The minimum atomic E-state index is 1.25. The molecule has 0 bridgehead atoms. The van der Waals surface area contributed by atoms with Gasteiger partial charge in [-0.15, -0.1) is 11.3 Å². The molecule has 0 saturated heterocycles. The highest BCUT2D eigenvalue weighted by Crippen LogP contribution is 2.63. The quantitative estimate of drug-likeness (QED) is 0.206. The normalized spacial score (nSPS) is 13.2. The maximum atomic E-state index is 2.52. The van der Waals surface area contributed by atoms with E-state index in [-0.39, 0.29) is 0 Å². The SMILES string of the molecule is c1ccc(-c2ccc3c(c2)Sc2cc4c(sc5ccccc54)c4c2N3c2ccc(-c3ccccc3)cc2S4)cc1. The van der Waals surface area contributed by atoms with Crippen LogP contribution in [0.2, 0.25) is 0 Å². The summed E-state index contributed by atoms with van der Waals surface area (Å²) in [6.07, 6.45) is 0. The predicted molar refractivity (Wildman–Crippen MR) is 173 cm³/mol. The van der Waals surface area contributed by atoms with Crippen LogP contribution in [0, 0.1) is 0 Å². The molecule has 0 N–H and O–H groups in total. The van der Waals surface area contributed by atoms with E-state index in [1.807, 2.05) is 34.9 Å². The maximum Gasteiger partial charge on any atom is 0.0756 e. The third-order valence-corrected chi connectivity index (χ3v) is 11.4. The zero-order chi connectivity index (χ0) is 26.2. The van der Waals surface area contributed by atoms with E-state index >= 15 is 0 Å². The summed E-state index contributed by atoms with van der Waals surface area (Å²) in [5, 5.41) is 2.71. The summed E-state index contributed by atoms with van der Waals surface area (Å²) in [5.41, 5.74) is 8.85. The number of thiophene rings is 1. The van der Waals surface area contributed by atoms with Gasteiger partial charge < -0.3 is 4.90 Å². The van der Waals surface area contributed by atoms with Gasteiger partial charge in [0, 0.05) is 30.2 Å². The van der Waals surface area contributed by atoms with Crippen LogP contribution in [0.25, 0.3) is 42.4 Å². The molecule has 0 atom stereocenters.